The van der Waals surface area contributed by atoms with Crippen molar-refractivity contribution >= 4 is 21.6 Å². The zero-order chi connectivity index (χ0) is 22.9. The lowest BCUT2D eigenvalue weighted by atomic mass is 9.96. The summed E-state index contributed by atoms with van der Waals surface area (Å²) in [6.07, 6.45) is 3.27. The zero-order valence-electron chi connectivity index (χ0n) is 18.3. The van der Waals surface area contributed by atoms with Gasteiger partial charge in [0.2, 0.25) is 5.89 Å². The first-order valence-corrected chi connectivity index (χ1v) is 11.9. The summed E-state index contributed by atoms with van der Waals surface area (Å²) in [6, 6.07) is 13.3. The molecule has 1 saturated carbocycles. The second kappa shape index (κ2) is 8.38. The van der Waals surface area contributed by atoms with Crippen LogP contribution in [-0.4, -0.2) is 31.5 Å². The van der Waals surface area contributed by atoms with E-state index in [1.807, 2.05) is 19.1 Å². The Kier molecular flexibility index (Phi) is 5.77. The Hall–Kier alpha value is -3.20. The average Bonchev–Trinajstić information content (AvgIpc) is 3.44. The minimum Gasteiger partial charge on any atom is -0.340 e. The SMILES string of the molecule is Cc1ccc(N(C)S(=O)(=O)c2cccc(C(=O)NC3(c4noc(C)n4)CCCC3)c2)cc1. The van der Waals surface area contributed by atoms with Gasteiger partial charge in [-0.1, -0.05) is 41.8 Å². The molecule has 0 spiro atoms. The van der Waals surface area contributed by atoms with Gasteiger partial charge in [0.25, 0.3) is 15.9 Å². The summed E-state index contributed by atoms with van der Waals surface area (Å²) in [5.41, 5.74) is 1.14. The number of anilines is 1. The fourth-order valence-electron chi connectivity index (χ4n) is 4.02. The Morgan fingerprint density at radius 2 is 1.78 bits per heavy atom. The average molecular weight is 455 g/mol. The van der Waals surface area contributed by atoms with Crippen LogP contribution in [0.4, 0.5) is 5.69 Å². The number of hydrogen-bond donors (Lipinski definition) is 1. The number of carbonyl (C=O) groups is 1. The van der Waals surface area contributed by atoms with Gasteiger partial charge in [0.1, 0.15) is 5.54 Å². The molecule has 1 aliphatic rings. The number of nitrogens with one attached hydrogen (secondary N) is 1. The smallest absolute Gasteiger partial charge is 0.264 e. The molecule has 1 heterocycles. The third kappa shape index (κ3) is 4.12. The Balaban J connectivity index is 1.60. The fraction of sp³-hybridized carbons (Fsp3) is 0.348. The van der Waals surface area contributed by atoms with E-state index in [1.54, 1.807) is 31.2 Å². The molecule has 1 aliphatic carbocycles. The van der Waals surface area contributed by atoms with Gasteiger partial charge in [0.05, 0.1) is 10.6 Å². The molecule has 3 aromatic rings. The first-order chi connectivity index (χ1) is 15.2. The van der Waals surface area contributed by atoms with Crippen molar-refractivity contribution in [3.05, 3.63) is 71.4 Å². The molecule has 1 N–H and O–H groups in total. The van der Waals surface area contributed by atoms with Crippen LogP contribution in [0, 0.1) is 13.8 Å². The van der Waals surface area contributed by atoms with Gasteiger partial charge in [-0.15, -0.1) is 0 Å². The number of hydrogen-bond acceptors (Lipinski definition) is 6. The molecule has 0 unspecified atom stereocenters. The molecule has 1 amide bonds. The van der Waals surface area contributed by atoms with Crippen LogP contribution in [0.15, 0.2) is 57.9 Å². The zero-order valence-corrected chi connectivity index (χ0v) is 19.1. The van der Waals surface area contributed by atoms with E-state index in [9.17, 15) is 13.2 Å². The minimum absolute atomic E-state index is 0.0455. The monoisotopic (exact) mass is 454 g/mol. The van der Waals surface area contributed by atoms with Crippen molar-refractivity contribution in [2.45, 2.75) is 50.0 Å². The van der Waals surface area contributed by atoms with Gasteiger partial charge >= 0.3 is 0 Å². The highest BCUT2D eigenvalue weighted by Crippen LogP contribution is 2.37. The third-order valence-corrected chi connectivity index (χ3v) is 7.70. The molecule has 168 valence electrons. The van der Waals surface area contributed by atoms with Gasteiger partial charge in [0.15, 0.2) is 5.82 Å². The van der Waals surface area contributed by atoms with Gasteiger partial charge in [-0.05, 0) is 50.1 Å². The second-order valence-electron chi connectivity index (χ2n) is 8.22. The summed E-state index contributed by atoms with van der Waals surface area (Å²) in [6.45, 7) is 3.65. The number of nitrogens with zero attached hydrogens (tertiary/aromatic N) is 3. The molecule has 1 fully saturated rings. The maximum absolute atomic E-state index is 13.2. The van der Waals surface area contributed by atoms with Gasteiger partial charge in [-0.25, -0.2) is 8.42 Å². The van der Waals surface area contributed by atoms with Crippen molar-refractivity contribution in [3.8, 4) is 0 Å². The van der Waals surface area contributed by atoms with Crippen LogP contribution in [0.2, 0.25) is 0 Å². The minimum atomic E-state index is -3.84. The number of sulfonamides is 1. The molecule has 0 atom stereocenters. The van der Waals surface area contributed by atoms with E-state index in [0.29, 0.717) is 30.2 Å². The first kappa shape index (κ1) is 22.0. The van der Waals surface area contributed by atoms with Gasteiger partial charge in [-0.3, -0.25) is 9.10 Å². The largest absolute Gasteiger partial charge is 0.340 e. The molecule has 0 bridgehead atoms. The standard InChI is InChI=1S/C23H26N4O4S/c1-16-9-11-19(12-10-16)27(3)32(29,30)20-8-6-7-18(15-20)21(28)25-23(13-4-5-14-23)22-24-17(2)31-26-22/h6-12,15H,4-5,13-14H2,1-3H3,(H,25,28). The van der Waals surface area contributed by atoms with Crippen molar-refractivity contribution in [3.63, 3.8) is 0 Å². The summed E-state index contributed by atoms with van der Waals surface area (Å²) in [4.78, 5) is 17.5. The lowest BCUT2D eigenvalue weighted by Crippen LogP contribution is -2.44. The van der Waals surface area contributed by atoms with Crippen LogP contribution in [-0.2, 0) is 15.6 Å². The number of benzene rings is 2. The molecular weight excluding hydrogens is 428 g/mol. The molecule has 32 heavy (non-hydrogen) atoms. The van der Waals surface area contributed by atoms with E-state index in [2.05, 4.69) is 15.5 Å². The van der Waals surface area contributed by atoms with E-state index in [4.69, 9.17) is 4.52 Å². The molecule has 0 saturated heterocycles. The topological polar surface area (TPSA) is 105 Å². The summed E-state index contributed by atoms with van der Waals surface area (Å²) < 4.78 is 32.7. The number of aromatic nitrogens is 2. The van der Waals surface area contributed by atoms with E-state index in [-0.39, 0.29) is 16.4 Å². The van der Waals surface area contributed by atoms with Crippen LogP contribution >= 0.6 is 0 Å². The van der Waals surface area contributed by atoms with E-state index < -0.39 is 15.6 Å². The van der Waals surface area contributed by atoms with Crippen LogP contribution in [0.25, 0.3) is 0 Å². The highest BCUT2D eigenvalue weighted by Gasteiger charge is 2.41. The van der Waals surface area contributed by atoms with E-state index >= 15 is 0 Å². The van der Waals surface area contributed by atoms with Crippen molar-refractivity contribution in [2.75, 3.05) is 11.4 Å². The summed E-state index contributed by atoms with van der Waals surface area (Å²) in [7, 11) is -2.34. The van der Waals surface area contributed by atoms with E-state index in [0.717, 1.165) is 18.4 Å². The van der Waals surface area contributed by atoms with Gasteiger partial charge in [0, 0.05) is 19.5 Å². The van der Waals surface area contributed by atoms with Crippen molar-refractivity contribution in [1.29, 1.82) is 0 Å². The maximum atomic E-state index is 13.2. The normalized spacial score (nSPS) is 15.5. The van der Waals surface area contributed by atoms with Crippen LogP contribution in [0.3, 0.4) is 0 Å². The number of aryl methyl sites for hydroxylation is 2. The van der Waals surface area contributed by atoms with Crippen molar-refractivity contribution < 1.29 is 17.7 Å². The Labute approximate surface area is 187 Å². The van der Waals surface area contributed by atoms with Crippen LogP contribution < -0.4 is 9.62 Å². The highest BCUT2D eigenvalue weighted by molar-refractivity contribution is 7.92. The summed E-state index contributed by atoms with van der Waals surface area (Å²) in [5.74, 6) is 0.529. The maximum Gasteiger partial charge on any atom is 0.264 e. The molecular formula is C23H26N4O4S. The summed E-state index contributed by atoms with van der Waals surface area (Å²) in [5, 5.41) is 7.08. The molecule has 9 heteroatoms. The molecule has 0 radical (unpaired) electrons. The quantitative estimate of drug-likeness (QED) is 0.609. The molecule has 1 aromatic heterocycles. The lowest BCUT2D eigenvalue weighted by molar-refractivity contribution is 0.0891. The van der Waals surface area contributed by atoms with Crippen LogP contribution in [0.1, 0.15) is 53.3 Å². The van der Waals surface area contributed by atoms with E-state index in [1.165, 1.54) is 23.5 Å². The molecule has 0 aliphatic heterocycles. The number of rotatable bonds is 6. The third-order valence-electron chi connectivity index (χ3n) is 5.92. The van der Waals surface area contributed by atoms with Crippen molar-refractivity contribution in [1.82, 2.24) is 15.5 Å². The van der Waals surface area contributed by atoms with Gasteiger partial charge in [-0.2, -0.15) is 4.98 Å². The molecule has 2 aromatic carbocycles. The molecule has 8 nitrogen and oxygen atoms in total. The molecule has 4 rings (SSSR count). The Bertz CT molecular complexity index is 1230. The van der Waals surface area contributed by atoms with Crippen LogP contribution in [0.5, 0.6) is 0 Å². The fourth-order valence-corrected chi connectivity index (χ4v) is 5.26. The number of carbonyl (C=O) groups excluding carboxylic acids is 1. The Morgan fingerprint density at radius 1 is 1.09 bits per heavy atom. The first-order valence-electron chi connectivity index (χ1n) is 10.5. The lowest BCUT2D eigenvalue weighted by Gasteiger charge is -2.27. The van der Waals surface area contributed by atoms with Crippen molar-refractivity contribution in [2.24, 2.45) is 0 Å². The predicted molar refractivity (Wildman–Crippen MR) is 120 cm³/mol. The highest BCUT2D eigenvalue weighted by atomic mass is 32.2. The number of amides is 1. The van der Waals surface area contributed by atoms with Gasteiger partial charge < -0.3 is 9.84 Å². The summed E-state index contributed by atoms with van der Waals surface area (Å²) >= 11 is 0. The predicted octanol–water partition coefficient (Wildman–Crippen LogP) is 3.71. The Morgan fingerprint density at radius 3 is 2.41 bits per heavy atom. The second-order valence-corrected chi connectivity index (χ2v) is 10.2.